The minimum absolute atomic E-state index is 0.0755. The number of aromatic nitrogens is 2. The molecule has 2 aliphatic heterocycles. The quantitative estimate of drug-likeness (QED) is 0.413. The summed E-state index contributed by atoms with van der Waals surface area (Å²) in [5.41, 5.74) is 4.61. The van der Waals surface area contributed by atoms with Gasteiger partial charge in [-0.3, -0.25) is 33.8 Å². The monoisotopic (exact) mass is 493 g/mol. The van der Waals surface area contributed by atoms with Gasteiger partial charge in [-0.05, 0) is 43.2 Å². The van der Waals surface area contributed by atoms with Crippen molar-refractivity contribution in [2.75, 3.05) is 5.32 Å². The first kappa shape index (κ1) is 22.7. The van der Waals surface area contributed by atoms with Crippen LogP contribution in [0.5, 0.6) is 0 Å². The van der Waals surface area contributed by atoms with Crippen molar-refractivity contribution in [2.45, 2.75) is 32.4 Å². The molecule has 2 aromatic heterocycles. The van der Waals surface area contributed by atoms with Crippen molar-refractivity contribution in [2.24, 2.45) is 0 Å². The first-order valence-corrected chi connectivity index (χ1v) is 12.0. The Morgan fingerprint density at radius 3 is 2.51 bits per heavy atom. The summed E-state index contributed by atoms with van der Waals surface area (Å²) in [5.74, 6) is -1.34. The zero-order valence-electron chi connectivity index (χ0n) is 20.0. The molecule has 1 atom stereocenters. The van der Waals surface area contributed by atoms with Crippen molar-refractivity contribution in [3.63, 3.8) is 0 Å². The second kappa shape index (κ2) is 8.70. The number of imidazole rings is 1. The minimum atomic E-state index is -1.01. The van der Waals surface area contributed by atoms with Gasteiger partial charge in [-0.15, -0.1) is 0 Å². The third-order valence-corrected chi connectivity index (χ3v) is 6.85. The van der Waals surface area contributed by atoms with E-state index in [1.807, 2.05) is 59.9 Å². The number of pyridine rings is 1. The second-order valence-electron chi connectivity index (χ2n) is 9.22. The van der Waals surface area contributed by atoms with Crippen molar-refractivity contribution in [1.29, 1.82) is 0 Å². The highest BCUT2D eigenvalue weighted by molar-refractivity contribution is 6.23. The normalized spacial score (nSPS) is 17.3. The lowest BCUT2D eigenvalue weighted by Gasteiger charge is -2.27. The Bertz CT molecular complexity index is 1610. The number of nitrogens with zero attached hydrogens (tertiary/aromatic N) is 3. The van der Waals surface area contributed by atoms with Crippen LogP contribution in [0.2, 0.25) is 0 Å². The lowest BCUT2D eigenvalue weighted by Crippen LogP contribution is -2.54. The Morgan fingerprint density at radius 2 is 1.73 bits per heavy atom. The van der Waals surface area contributed by atoms with E-state index in [2.05, 4.69) is 10.6 Å². The smallest absolute Gasteiger partial charge is 0.262 e. The number of carbonyl (C=O) groups excluding carboxylic acids is 4. The zero-order chi connectivity index (χ0) is 25.7. The summed E-state index contributed by atoms with van der Waals surface area (Å²) in [5, 5.41) is 5.72. The molecule has 2 N–H and O–H groups in total. The number of rotatable bonds is 5. The van der Waals surface area contributed by atoms with Crippen LogP contribution < -0.4 is 10.6 Å². The number of anilines is 1. The predicted molar refractivity (Wildman–Crippen MR) is 136 cm³/mol. The summed E-state index contributed by atoms with van der Waals surface area (Å²) >= 11 is 0. The molecule has 2 aliphatic rings. The van der Waals surface area contributed by atoms with Crippen molar-refractivity contribution in [3.8, 4) is 11.3 Å². The van der Waals surface area contributed by atoms with Crippen molar-refractivity contribution >= 4 is 35.1 Å². The van der Waals surface area contributed by atoms with Gasteiger partial charge in [0, 0.05) is 24.2 Å². The van der Waals surface area contributed by atoms with E-state index in [0.717, 1.165) is 27.6 Å². The molecule has 4 aromatic rings. The molecule has 9 nitrogen and oxygen atoms in total. The fourth-order valence-corrected chi connectivity index (χ4v) is 5.02. The molecule has 37 heavy (non-hydrogen) atoms. The molecule has 0 radical (unpaired) electrons. The summed E-state index contributed by atoms with van der Waals surface area (Å²) < 4.78 is 2.02. The van der Waals surface area contributed by atoms with Gasteiger partial charge in [-0.2, -0.15) is 0 Å². The van der Waals surface area contributed by atoms with E-state index in [1.54, 1.807) is 18.2 Å². The standard InChI is InChI=1S/C28H23N5O4/c1-16-6-5-9-22-30-24(25(32(16)22)29-15-17-7-3-2-4-8-17)18-10-11-19-20(14-18)28(37)33(27(19)36)21-12-13-23(34)31-26(21)35/h2-11,14,21,29H,12-13,15H2,1H3,(H,31,34,35). The largest absolute Gasteiger partial charge is 0.365 e. The lowest BCUT2D eigenvalue weighted by atomic mass is 10.0. The van der Waals surface area contributed by atoms with Gasteiger partial charge in [-0.25, -0.2) is 4.98 Å². The molecule has 1 fully saturated rings. The molecule has 9 heteroatoms. The van der Waals surface area contributed by atoms with Crippen LogP contribution in [0, 0.1) is 6.92 Å². The Morgan fingerprint density at radius 1 is 0.946 bits per heavy atom. The highest BCUT2D eigenvalue weighted by Crippen LogP contribution is 2.35. The fourth-order valence-electron chi connectivity index (χ4n) is 5.02. The van der Waals surface area contributed by atoms with Gasteiger partial charge in [-0.1, -0.05) is 42.5 Å². The van der Waals surface area contributed by atoms with Crippen LogP contribution in [-0.2, 0) is 16.1 Å². The van der Waals surface area contributed by atoms with Crippen LogP contribution in [0.1, 0.15) is 44.8 Å². The summed E-state index contributed by atoms with van der Waals surface area (Å²) in [6, 6.07) is 19.9. The van der Waals surface area contributed by atoms with Gasteiger partial charge in [0.1, 0.15) is 23.2 Å². The van der Waals surface area contributed by atoms with E-state index < -0.39 is 29.7 Å². The highest BCUT2D eigenvalue weighted by atomic mass is 16.2. The lowest BCUT2D eigenvalue weighted by molar-refractivity contribution is -0.136. The van der Waals surface area contributed by atoms with Crippen LogP contribution in [0.4, 0.5) is 5.82 Å². The second-order valence-corrected chi connectivity index (χ2v) is 9.22. The topological polar surface area (TPSA) is 113 Å². The molecule has 1 saturated heterocycles. The van der Waals surface area contributed by atoms with Crippen molar-refractivity contribution < 1.29 is 19.2 Å². The van der Waals surface area contributed by atoms with Gasteiger partial charge in [0.25, 0.3) is 11.8 Å². The van der Waals surface area contributed by atoms with Crippen LogP contribution in [0.15, 0.2) is 66.7 Å². The molecular weight excluding hydrogens is 470 g/mol. The number of fused-ring (bicyclic) bond motifs is 2. The van der Waals surface area contributed by atoms with Crippen LogP contribution in [0.25, 0.3) is 16.9 Å². The van der Waals surface area contributed by atoms with E-state index in [1.165, 1.54) is 0 Å². The Kier molecular flexibility index (Phi) is 5.33. The molecule has 0 bridgehead atoms. The van der Waals surface area contributed by atoms with E-state index >= 15 is 0 Å². The minimum Gasteiger partial charge on any atom is -0.365 e. The van der Waals surface area contributed by atoms with E-state index in [4.69, 9.17) is 4.98 Å². The number of benzene rings is 2. The van der Waals surface area contributed by atoms with Crippen molar-refractivity contribution in [3.05, 3.63) is 89.1 Å². The number of carbonyl (C=O) groups is 4. The fraction of sp³-hybridized carbons (Fsp3) is 0.179. The Labute approximate surface area is 212 Å². The molecule has 4 amide bonds. The first-order chi connectivity index (χ1) is 17.9. The van der Waals surface area contributed by atoms with Gasteiger partial charge in [0.15, 0.2) is 0 Å². The molecular formula is C28H23N5O4. The van der Waals surface area contributed by atoms with E-state index in [-0.39, 0.29) is 24.0 Å². The van der Waals surface area contributed by atoms with Gasteiger partial charge < -0.3 is 5.32 Å². The first-order valence-electron chi connectivity index (χ1n) is 12.0. The summed E-state index contributed by atoms with van der Waals surface area (Å²) in [4.78, 5) is 56.2. The predicted octanol–water partition coefficient (Wildman–Crippen LogP) is 3.32. The molecule has 0 spiro atoms. The average Bonchev–Trinajstić information content (AvgIpc) is 3.39. The maximum atomic E-state index is 13.3. The third kappa shape index (κ3) is 3.76. The Balaban J connectivity index is 1.40. The number of aryl methyl sites for hydroxylation is 1. The number of piperidine rings is 1. The van der Waals surface area contributed by atoms with Gasteiger partial charge in [0.05, 0.1) is 11.1 Å². The molecule has 184 valence electrons. The van der Waals surface area contributed by atoms with Gasteiger partial charge in [0.2, 0.25) is 11.8 Å². The third-order valence-electron chi connectivity index (χ3n) is 6.85. The average molecular weight is 494 g/mol. The van der Waals surface area contributed by atoms with E-state index in [0.29, 0.717) is 17.8 Å². The number of imide groups is 2. The maximum absolute atomic E-state index is 13.3. The SMILES string of the molecule is Cc1cccc2nc(-c3ccc4c(c3)C(=O)N(C3CCC(=O)NC3=O)C4=O)c(NCc3ccccc3)n12. The van der Waals surface area contributed by atoms with Crippen LogP contribution in [0.3, 0.4) is 0 Å². The zero-order valence-corrected chi connectivity index (χ0v) is 20.0. The van der Waals surface area contributed by atoms with Crippen molar-refractivity contribution in [1.82, 2.24) is 19.6 Å². The highest BCUT2D eigenvalue weighted by Gasteiger charge is 2.44. The summed E-state index contributed by atoms with van der Waals surface area (Å²) in [6.07, 6.45) is 0.189. The number of hydrogen-bond acceptors (Lipinski definition) is 6. The number of nitrogens with one attached hydrogen (secondary N) is 2. The Hall–Kier alpha value is -4.79. The number of amides is 4. The number of hydrogen-bond donors (Lipinski definition) is 2. The molecule has 1 unspecified atom stereocenters. The molecule has 4 heterocycles. The van der Waals surface area contributed by atoms with Crippen LogP contribution >= 0.6 is 0 Å². The van der Waals surface area contributed by atoms with E-state index in [9.17, 15) is 19.2 Å². The van der Waals surface area contributed by atoms with Gasteiger partial charge >= 0.3 is 0 Å². The van der Waals surface area contributed by atoms with Crippen LogP contribution in [-0.4, -0.2) is 44.0 Å². The summed E-state index contributed by atoms with van der Waals surface area (Å²) in [6.45, 7) is 2.57. The molecule has 6 rings (SSSR count). The molecule has 2 aromatic carbocycles. The molecule has 0 aliphatic carbocycles. The maximum Gasteiger partial charge on any atom is 0.262 e. The summed E-state index contributed by atoms with van der Waals surface area (Å²) in [7, 11) is 0. The molecule has 0 saturated carbocycles.